The molecule has 0 aliphatic rings. The van der Waals surface area contributed by atoms with Crippen molar-refractivity contribution in [2.75, 3.05) is 0 Å². The largest absolute Gasteiger partial charge is 0.422 e. The Balaban J connectivity index is 1.46. The van der Waals surface area contributed by atoms with E-state index in [1.54, 1.807) is 31.2 Å². The number of aryl methyl sites for hydroxylation is 2. The maximum Gasteiger partial charge on any atom is 0.422 e. The molecule has 0 aromatic heterocycles. The molecule has 0 radical (unpaired) electrons. The molecule has 41 heavy (non-hydrogen) atoms. The van der Waals surface area contributed by atoms with E-state index in [1.165, 1.54) is 12.1 Å². The zero-order valence-corrected chi connectivity index (χ0v) is 21.7. The van der Waals surface area contributed by atoms with Crippen molar-refractivity contribution in [1.29, 1.82) is 0 Å². The SMILES string of the molecule is CCCC(F)=C(F)c1ccc(-c2ccc(CCc3cc(F)c(-c4cc(F)c(C(F)(F)F)c(F)c4)c(F)c3)cc2)cc1. The van der Waals surface area contributed by atoms with Crippen molar-refractivity contribution in [1.82, 2.24) is 0 Å². The zero-order valence-electron chi connectivity index (χ0n) is 21.7. The second-order valence-electron chi connectivity index (χ2n) is 9.49. The van der Waals surface area contributed by atoms with Crippen LogP contribution in [-0.4, -0.2) is 0 Å². The molecule has 4 rings (SSSR count). The molecule has 214 valence electrons. The number of hydrogen-bond acceptors (Lipinski definition) is 0. The number of hydrogen-bond donors (Lipinski definition) is 0. The Bertz CT molecular complexity index is 1520. The average molecular weight is 579 g/mol. The van der Waals surface area contributed by atoms with Crippen LogP contribution in [0.15, 0.2) is 78.6 Å². The molecule has 0 unspecified atom stereocenters. The molecular formula is C32H23F9. The third-order valence-electron chi connectivity index (χ3n) is 6.55. The van der Waals surface area contributed by atoms with Crippen LogP contribution in [0, 0.1) is 23.3 Å². The molecule has 0 bridgehead atoms. The van der Waals surface area contributed by atoms with Gasteiger partial charge in [0.05, 0.1) is 5.56 Å². The van der Waals surface area contributed by atoms with E-state index in [-0.39, 0.29) is 36.1 Å². The molecule has 0 atom stereocenters. The Morgan fingerprint density at radius 1 is 0.610 bits per heavy atom. The van der Waals surface area contributed by atoms with Gasteiger partial charge >= 0.3 is 6.18 Å². The lowest BCUT2D eigenvalue weighted by Crippen LogP contribution is -2.11. The van der Waals surface area contributed by atoms with Crippen LogP contribution in [0.3, 0.4) is 0 Å². The van der Waals surface area contributed by atoms with Crippen molar-refractivity contribution in [2.45, 2.75) is 38.8 Å². The summed E-state index contributed by atoms with van der Waals surface area (Å²) in [6.07, 6.45) is -4.20. The fourth-order valence-electron chi connectivity index (χ4n) is 4.48. The van der Waals surface area contributed by atoms with Crippen LogP contribution in [-0.2, 0) is 19.0 Å². The number of rotatable bonds is 8. The fourth-order valence-corrected chi connectivity index (χ4v) is 4.48. The monoisotopic (exact) mass is 578 g/mol. The third kappa shape index (κ3) is 6.84. The van der Waals surface area contributed by atoms with Crippen LogP contribution >= 0.6 is 0 Å². The highest BCUT2D eigenvalue weighted by atomic mass is 19.4. The molecule has 9 heteroatoms. The normalized spacial score (nSPS) is 12.4. The first-order valence-corrected chi connectivity index (χ1v) is 12.7. The van der Waals surface area contributed by atoms with Crippen LogP contribution in [0.4, 0.5) is 39.5 Å². The van der Waals surface area contributed by atoms with Crippen molar-refractivity contribution in [3.05, 3.63) is 124 Å². The highest BCUT2D eigenvalue weighted by molar-refractivity contribution is 5.69. The molecule has 0 saturated heterocycles. The first kappa shape index (κ1) is 30.0. The topological polar surface area (TPSA) is 0 Å². The van der Waals surface area contributed by atoms with E-state index in [2.05, 4.69) is 0 Å². The van der Waals surface area contributed by atoms with Crippen molar-refractivity contribution >= 4 is 5.83 Å². The maximum atomic E-state index is 14.8. The lowest BCUT2D eigenvalue weighted by molar-refractivity contribution is -0.142. The summed E-state index contributed by atoms with van der Waals surface area (Å²) in [6, 6.07) is 16.0. The van der Waals surface area contributed by atoms with Gasteiger partial charge in [0.2, 0.25) is 0 Å². The average Bonchev–Trinajstić information content (AvgIpc) is 2.90. The van der Waals surface area contributed by atoms with Gasteiger partial charge in [0.1, 0.15) is 34.7 Å². The molecule has 4 aromatic carbocycles. The van der Waals surface area contributed by atoms with Gasteiger partial charge in [-0.25, -0.2) is 26.3 Å². The zero-order chi connectivity index (χ0) is 29.9. The molecule has 0 fully saturated rings. The van der Waals surface area contributed by atoms with E-state index < -0.39 is 57.8 Å². The fraction of sp³-hybridized carbons (Fsp3) is 0.188. The summed E-state index contributed by atoms with van der Waals surface area (Å²) in [4.78, 5) is 0. The molecule has 0 nitrogen and oxygen atoms in total. The van der Waals surface area contributed by atoms with Gasteiger partial charge in [-0.15, -0.1) is 0 Å². The van der Waals surface area contributed by atoms with E-state index in [9.17, 15) is 39.5 Å². The second kappa shape index (κ2) is 12.2. The lowest BCUT2D eigenvalue weighted by Gasteiger charge is -2.13. The summed E-state index contributed by atoms with van der Waals surface area (Å²) in [6.45, 7) is 1.76. The van der Waals surface area contributed by atoms with Gasteiger partial charge in [-0.3, -0.25) is 0 Å². The third-order valence-corrected chi connectivity index (χ3v) is 6.55. The van der Waals surface area contributed by atoms with Crippen LogP contribution in [0.25, 0.3) is 28.1 Å². The number of allylic oxidation sites excluding steroid dienone is 1. The Labute approximate surface area is 230 Å². The van der Waals surface area contributed by atoms with E-state index >= 15 is 0 Å². The van der Waals surface area contributed by atoms with Crippen molar-refractivity contribution < 1.29 is 39.5 Å². The Hall–Kier alpha value is -4.01. The second-order valence-corrected chi connectivity index (χ2v) is 9.49. The molecule has 0 saturated carbocycles. The number of halogens is 9. The summed E-state index contributed by atoms with van der Waals surface area (Å²) in [5.41, 5.74) is -0.849. The summed E-state index contributed by atoms with van der Waals surface area (Å²) < 4.78 is 124. The Kier molecular flexibility index (Phi) is 8.95. The minimum atomic E-state index is -5.30. The highest BCUT2D eigenvalue weighted by Crippen LogP contribution is 2.37. The highest BCUT2D eigenvalue weighted by Gasteiger charge is 2.38. The maximum absolute atomic E-state index is 14.8. The van der Waals surface area contributed by atoms with Crippen molar-refractivity contribution in [3.8, 4) is 22.3 Å². The van der Waals surface area contributed by atoms with Crippen molar-refractivity contribution in [3.63, 3.8) is 0 Å². The van der Waals surface area contributed by atoms with Crippen LogP contribution in [0.2, 0.25) is 0 Å². The molecule has 0 aliphatic heterocycles. The molecule has 0 N–H and O–H groups in total. The summed E-state index contributed by atoms with van der Waals surface area (Å²) in [5.74, 6) is -7.95. The minimum Gasteiger partial charge on any atom is -0.209 e. The van der Waals surface area contributed by atoms with Gasteiger partial charge in [0.15, 0.2) is 5.83 Å². The molecule has 0 amide bonds. The standard InChI is InChI=1S/C32H23F9/c1-2-3-24(33)31(38)22-12-10-21(11-13-22)20-8-6-18(7-9-20)4-5-19-14-25(34)29(26(35)15-19)23-16-27(36)30(28(37)17-23)32(39,40)41/h6-17H,2-5H2,1H3. The minimum absolute atomic E-state index is 0.0254. The summed E-state index contributed by atoms with van der Waals surface area (Å²) in [7, 11) is 0. The van der Waals surface area contributed by atoms with Crippen molar-refractivity contribution in [2.24, 2.45) is 0 Å². The van der Waals surface area contributed by atoms with E-state index in [0.717, 1.165) is 28.8 Å². The predicted molar refractivity (Wildman–Crippen MR) is 140 cm³/mol. The van der Waals surface area contributed by atoms with Gasteiger partial charge < -0.3 is 0 Å². The quantitative estimate of drug-likeness (QED) is 0.183. The first-order valence-electron chi connectivity index (χ1n) is 12.7. The van der Waals surface area contributed by atoms with E-state index in [1.807, 2.05) is 12.1 Å². The van der Waals surface area contributed by atoms with Gasteiger partial charge in [-0.05, 0) is 71.3 Å². The molecular weight excluding hydrogens is 555 g/mol. The molecule has 0 aliphatic carbocycles. The number of benzene rings is 4. The lowest BCUT2D eigenvalue weighted by atomic mass is 9.97. The molecule has 0 spiro atoms. The van der Waals surface area contributed by atoms with Crippen LogP contribution in [0.5, 0.6) is 0 Å². The van der Waals surface area contributed by atoms with E-state index in [4.69, 9.17) is 0 Å². The predicted octanol–water partition coefficient (Wildman–Crippen LogP) is 10.8. The van der Waals surface area contributed by atoms with Gasteiger partial charge in [0, 0.05) is 12.0 Å². The number of alkyl halides is 3. The van der Waals surface area contributed by atoms with E-state index in [0.29, 0.717) is 12.8 Å². The van der Waals surface area contributed by atoms with Gasteiger partial charge in [0.25, 0.3) is 0 Å². The Morgan fingerprint density at radius 2 is 1.10 bits per heavy atom. The van der Waals surface area contributed by atoms with Gasteiger partial charge in [-0.2, -0.15) is 13.2 Å². The summed E-state index contributed by atoms with van der Waals surface area (Å²) >= 11 is 0. The Morgan fingerprint density at radius 3 is 1.59 bits per heavy atom. The summed E-state index contributed by atoms with van der Waals surface area (Å²) in [5, 5.41) is 0. The smallest absolute Gasteiger partial charge is 0.209 e. The van der Waals surface area contributed by atoms with Crippen LogP contribution < -0.4 is 0 Å². The first-order chi connectivity index (χ1) is 19.4. The molecule has 4 aromatic rings. The van der Waals surface area contributed by atoms with Gasteiger partial charge in [-0.1, -0.05) is 55.5 Å². The van der Waals surface area contributed by atoms with Crippen LogP contribution in [0.1, 0.15) is 42.0 Å². The molecule has 0 heterocycles.